The van der Waals surface area contributed by atoms with Gasteiger partial charge in [-0.2, -0.15) is 0 Å². The smallest absolute Gasteiger partial charge is 0.330 e. The number of amidine groups is 1. The quantitative estimate of drug-likeness (QED) is 0.0200. The number of aliphatic imine (C=N–C) groups is 1. The number of aromatic amines is 1. The Morgan fingerprint density at radius 2 is 1.28 bits per heavy atom. The molecule has 0 saturated carbocycles. The summed E-state index contributed by atoms with van der Waals surface area (Å²) < 4.78 is 15.0. The third-order valence-corrected chi connectivity index (χ3v) is 12.3. The molecule has 0 fully saturated rings. The number of hydrogen-bond donors (Lipinski definition) is 9. The summed E-state index contributed by atoms with van der Waals surface area (Å²) in [4.78, 5) is 134. The Morgan fingerprint density at radius 3 is 1.78 bits per heavy atom. The van der Waals surface area contributed by atoms with Crippen LogP contribution in [0.1, 0.15) is 73.3 Å². The second-order valence-corrected chi connectivity index (χ2v) is 18.1. The van der Waals surface area contributed by atoms with E-state index >= 15 is 0 Å². The monoisotopic (exact) mass is 1070 g/mol. The lowest BCUT2D eigenvalue weighted by Gasteiger charge is -2.22. The number of H-pyrrole nitrogens is 1. The normalized spacial score (nSPS) is 13.6. The molecule has 4 rings (SSSR count). The Bertz CT molecular complexity index is 2780. The highest BCUT2D eigenvalue weighted by Crippen LogP contribution is 2.40. The van der Waals surface area contributed by atoms with Gasteiger partial charge in [0.25, 0.3) is 18.3 Å². The fourth-order valence-electron chi connectivity index (χ4n) is 7.36. The summed E-state index contributed by atoms with van der Waals surface area (Å²) in [6.07, 6.45) is 3.30. The van der Waals surface area contributed by atoms with E-state index in [1.54, 1.807) is 62.4 Å². The Labute approximate surface area is 440 Å². The number of aliphatic carboxylic acids is 3. The van der Waals surface area contributed by atoms with E-state index in [0.717, 1.165) is 12.2 Å². The van der Waals surface area contributed by atoms with E-state index < -0.39 is 82.7 Å². The van der Waals surface area contributed by atoms with Crippen LogP contribution in [0.15, 0.2) is 90.1 Å². The first-order valence-corrected chi connectivity index (χ1v) is 24.6. The van der Waals surface area contributed by atoms with Crippen molar-refractivity contribution in [2.24, 2.45) is 4.99 Å². The van der Waals surface area contributed by atoms with Gasteiger partial charge in [0.1, 0.15) is 36.7 Å². The summed E-state index contributed by atoms with van der Waals surface area (Å²) in [5, 5.41) is 39.9. The van der Waals surface area contributed by atoms with E-state index in [1.807, 2.05) is 0 Å². The molecule has 0 bridgehead atoms. The van der Waals surface area contributed by atoms with Crippen LogP contribution in [0.25, 0.3) is 22.8 Å². The molecule has 24 heteroatoms. The molecular formula is C52H59N7O16S. The minimum Gasteiger partial charge on any atom is -0.481 e. The number of rotatable bonds is 30. The molecule has 1 aromatic heterocycles. The highest BCUT2D eigenvalue weighted by Gasteiger charge is 2.35. The molecule has 0 aliphatic carbocycles. The third-order valence-electron chi connectivity index (χ3n) is 11.0. The summed E-state index contributed by atoms with van der Waals surface area (Å²) in [7, 11) is 0. The van der Waals surface area contributed by atoms with Crippen LogP contribution >= 0.6 is 11.8 Å². The number of hydrogen-bond acceptors (Lipinski definition) is 16. The molecule has 0 spiro atoms. The maximum absolute atomic E-state index is 14.3. The Kier molecular flexibility index (Phi) is 23.1. The van der Waals surface area contributed by atoms with Gasteiger partial charge in [-0.15, -0.1) is 11.8 Å². The van der Waals surface area contributed by atoms with E-state index in [0.29, 0.717) is 34.0 Å². The van der Waals surface area contributed by atoms with Crippen molar-refractivity contribution in [1.82, 2.24) is 26.3 Å². The van der Waals surface area contributed by atoms with Crippen molar-refractivity contribution in [2.75, 3.05) is 38.2 Å². The topological polar surface area (TPSA) is 347 Å². The van der Waals surface area contributed by atoms with Gasteiger partial charge in [-0.1, -0.05) is 61.7 Å². The SMILES string of the molecule is C=CC(=O)OCC(COC(=O)C=C)NC(C)C(=O)NC1=N/C(=C\c2[nH]c(NC(=O)C(C)SC(COC=O)C(=O)O)c(C(=O)NCC)c2-c2ccc(CCC(=O)O)cc2)C(c2ccc(CCC(=O)O)cc2)=C1C(=O)NCC. The van der Waals surface area contributed by atoms with Crippen LogP contribution < -0.4 is 26.6 Å². The van der Waals surface area contributed by atoms with Crippen LogP contribution in [0.2, 0.25) is 0 Å². The number of carboxylic acids is 3. The molecule has 3 atom stereocenters. The third kappa shape index (κ3) is 17.2. The molecule has 2 heterocycles. The van der Waals surface area contributed by atoms with Crippen molar-refractivity contribution >= 4 is 95.0 Å². The second-order valence-electron chi connectivity index (χ2n) is 16.6. The average Bonchev–Trinajstić information content (AvgIpc) is 3.94. The summed E-state index contributed by atoms with van der Waals surface area (Å²) in [6, 6.07) is 11.1. The standard InChI is InChI=1S/C52H59N7O16S/c1-7-40(65)74-24-34(25-75-41(66)8-2)55-28(5)48(67)58-46-44(50(69)53-9-3)42(32-17-11-30(12-18-32)15-21-38(61)62)35(56-46)23-36-43(33-19-13-31(14-20-33)16-22-39(63)64)45(51(70)54-10-4)47(57-36)59-49(68)29(6)76-37(52(71)72)26-73-27-60/h7-8,11-14,17-20,23,27-29,34,37,55,57H,1-2,9-10,15-16,21-22,24-26H2,3-6H3,(H,53,69)(H,54,70)(H,59,68)(H,61,62)(H,63,64)(H,71,72)(H,56,58,67)/b35-23-. The molecule has 76 heavy (non-hydrogen) atoms. The largest absolute Gasteiger partial charge is 0.481 e. The number of aromatic nitrogens is 1. The number of amides is 4. The van der Waals surface area contributed by atoms with Crippen molar-refractivity contribution in [1.29, 1.82) is 0 Å². The van der Waals surface area contributed by atoms with Crippen LogP contribution in [0.5, 0.6) is 0 Å². The maximum atomic E-state index is 14.3. The van der Waals surface area contributed by atoms with Gasteiger partial charge < -0.3 is 55.8 Å². The first-order chi connectivity index (χ1) is 36.2. The van der Waals surface area contributed by atoms with Crippen molar-refractivity contribution < 1.29 is 77.5 Å². The van der Waals surface area contributed by atoms with Crippen molar-refractivity contribution in [3.8, 4) is 11.1 Å². The number of thioether (sulfide) groups is 1. The fraction of sp³-hybridized carbons (Fsp3) is 0.327. The number of nitrogens with zero attached hydrogens (tertiary/aromatic N) is 1. The summed E-state index contributed by atoms with van der Waals surface area (Å²) >= 11 is 0.675. The first kappa shape index (κ1) is 59.9. The number of carbonyl (C=O) groups is 10. The molecule has 9 N–H and O–H groups in total. The molecule has 0 radical (unpaired) electrons. The number of allylic oxidation sites excluding steroid dienone is 1. The van der Waals surface area contributed by atoms with Crippen LogP contribution in [-0.4, -0.2) is 142 Å². The number of esters is 2. The van der Waals surface area contributed by atoms with E-state index in [2.05, 4.69) is 49.5 Å². The van der Waals surface area contributed by atoms with Crippen LogP contribution in [0, 0.1) is 0 Å². The predicted octanol–water partition coefficient (Wildman–Crippen LogP) is 3.42. The molecule has 4 amide bonds. The van der Waals surface area contributed by atoms with E-state index in [1.165, 1.54) is 19.9 Å². The number of likely N-dealkylation sites (N-methyl/N-ethyl adjacent to an activating group) is 1. The lowest BCUT2D eigenvalue weighted by Crippen LogP contribution is -2.51. The molecule has 1 aliphatic heterocycles. The van der Waals surface area contributed by atoms with Gasteiger partial charge in [0.05, 0.1) is 39.9 Å². The second kappa shape index (κ2) is 29.3. The fourth-order valence-corrected chi connectivity index (χ4v) is 8.31. The number of nitrogens with one attached hydrogen (secondary N) is 6. The predicted molar refractivity (Wildman–Crippen MR) is 280 cm³/mol. The van der Waals surface area contributed by atoms with Gasteiger partial charge in [0.2, 0.25) is 11.8 Å². The highest BCUT2D eigenvalue weighted by atomic mass is 32.2. The Morgan fingerprint density at radius 1 is 0.737 bits per heavy atom. The van der Waals surface area contributed by atoms with Gasteiger partial charge in [-0.05, 0) is 68.9 Å². The van der Waals surface area contributed by atoms with Crippen molar-refractivity contribution in [3.05, 3.63) is 113 Å². The molecule has 3 unspecified atom stereocenters. The maximum Gasteiger partial charge on any atom is 0.330 e. The molecule has 23 nitrogen and oxygen atoms in total. The minimum atomic E-state index is -1.36. The first-order valence-electron chi connectivity index (χ1n) is 23.6. The zero-order valence-electron chi connectivity index (χ0n) is 42.0. The van der Waals surface area contributed by atoms with Gasteiger partial charge in [-0.25, -0.2) is 14.6 Å². The number of ether oxygens (including phenoxy) is 3. The number of aryl methyl sites for hydroxylation is 2. The Hall–Kier alpha value is -8.64. The van der Waals surface area contributed by atoms with Gasteiger partial charge in [-0.3, -0.25) is 43.7 Å². The van der Waals surface area contributed by atoms with Crippen LogP contribution in [0.3, 0.4) is 0 Å². The van der Waals surface area contributed by atoms with Crippen LogP contribution in [0.4, 0.5) is 5.82 Å². The van der Waals surface area contributed by atoms with Gasteiger partial charge in [0, 0.05) is 49.2 Å². The Balaban J connectivity index is 2.02. The number of carboxylic acid groups (broad SMARTS) is 3. The van der Waals surface area contributed by atoms with Crippen LogP contribution in [-0.2, 0) is 70.2 Å². The molecule has 3 aromatic rings. The van der Waals surface area contributed by atoms with E-state index in [-0.39, 0.29) is 104 Å². The minimum absolute atomic E-state index is 0.0188. The number of carbonyl (C=O) groups excluding carboxylic acids is 7. The van der Waals surface area contributed by atoms with E-state index in [9.17, 15) is 63.3 Å². The van der Waals surface area contributed by atoms with Crippen molar-refractivity contribution in [2.45, 2.75) is 76.0 Å². The lowest BCUT2D eigenvalue weighted by molar-refractivity contribution is -0.142. The molecular weight excluding hydrogens is 1010 g/mol. The molecule has 1 aliphatic rings. The molecule has 0 saturated heterocycles. The summed E-state index contributed by atoms with van der Waals surface area (Å²) in [5.41, 5.74) is 2.24. The van der Waals surface area contributed by atoms with E-state index in [4.69, 9.17) is 14.5 Å². The zero-order valence-corrected chi connectivity index (χ0v) is 42.8. The van der Waals surface area contributed by atoms with Crippen molar-refractivity contribution in [3.63, 3.8) is 0 Å². The number of benzene rings is 2. The molecule has 404 valence electrons. The average molecular weight is 1070 g/mol. The summed E-state index contributed by atoms with van der Waals surface area (Å²) in [6.45, 7) is 12.0. The lowest BCUT2D eigenvalue weighted by atomic mass is 9.94. The zero-order chi connectivity index (χ0) is 56.1. The number of anilines is 1. The van der Waals surface area contributed by atoms with Gasteiger partial charge in [0.15, 0.2) is 0 Å². The van der Waals surface area contributed by atoms with Gasteiger partial charge >= 0.3 is 29.8 Å². The highest BCUT2D eigenvalue weighted by molar-refractivity contribution is 8.01. The molecule has 2 aromatic carbocycles. The summed E-state index contributed by atoms with van der Waals surface area (Å²) in [5.74, 6) is -8.28.